The summed E-state index contributed by atoms with van der Waals surface area (Å²) >= 11 is 12.8. The van der Waals surface area contributed by atoms with Gasteiger partial charge in [-0.15, -0.1) is 11.3 Å². The molecule has 0 saturated heterocycles. The van der Waals surface area contributed by atoms with Crippen LogP contribution in [0.15, 0.2) is 53.0 Å². The van der Waals surface area contributed by atoms with E-state index < -0.39 is 10.0 Å². The van der Waals surface area contributed by atoms with Gasteiger partial charge in [0.1, 0.15) is 4.21 Å². The molecule has 0 spiro atoms. The molecule has 0 bridgehead atoms. The van der Waals surface area contributed by atoms with Gasteiger partial charge in [-0.25, -0.2) is 13.1 Å². The van der Waals surface area contributed by atoms with Crippen LogP contribution >= 0.6 is 34.5 Å². The Morgan fingerprint density at radius 3 is 2.64 bits per heavy atom. The molecule has 0 unspecified atom stereocenters. The zero-order chi connectivity index (χ0) is 15.7. The summed E-state index contributed by atoms with van der Waals surface area (Å²) in [6.45, 7) is 0. The lowest BCUT2D eigenvalue weighted by molar-refractivity contribution is 0.603. The van der Waals surface area contributed by atoms with Crippen LogP contribution in [0.4, 0.5) is 5.69 Å². The number of halogens is 2. The maximum atomic E-state index is 12.4. The van der Waals surface area contributed by atoms with Crippen LogP contribution in [0.1, 0.15) is 0 Å². The van der Waals surface area contributed by atoms with Gasteiger partial charge in [0.2, 0.25) is 0 Å². The lowest BCUT2D eigenvalue weighted by atomic mass is 10.3. The van der Waals surface area contributed by atoms with Crippen LogP contribution < -0.4 is 4.72 Å². The zero-order valence-corrected chi connectivity index (χ0v) is 14.0. The van der Waals surface area contributed by atoms with Gasteiger partial charge in [-0.1, -0.05) is 23.2 Å². The van der Waals surface area contributed by atoms with Gasteiger partial charge in [0, 0.05) is 17.4 Å². The van der Waals surface area contributed by atoms with Gasteiger partial charge in [0.25, 0.3) is 10.0 Å². The van der Waals surface area contributed by atoms with Crippen molar-refractivity contribution in [3.8, 4) is 5.69 Å². The molecule has 0 aliphatic rings. The van der Waals surface area contributed by atoms with Gasteiger partial charge >= 0.3 is 0 Å². The number of rotatable bonds is 4. The first-order valence-electron chi connectivity index (χ1n) is 6.03. The van der Waals surface area contributed by atoms with Crippen molar-refractivity contribution < 1.29 is 8.42 Å². The van der Waals surface area contributed by atoms with Crippen molar-refractivity contribution >= 4 is 50.2 Å². The zero-order valence-electron chi connectivity index (χ0n) is 10.9. The normalized spacial score (nSPS) is 11.5. The topological polar surface area (TPSA) is 64.0 Å². The highest BCUT2D eigenvalue weighted by Gasteiger charge is 2.19. The van der Waals surface area contributed by atoms with Gasteiger partial charge in [0.05, 0.1) is 15.7 Å². The number of nitrogens with one attached hydrogen (secondary N) is 1. The van der Waals surface area contributed by atoms with Crippen molar-refractivity contribution in [2.24, 2.45) is 0 Å². The molecule has 22 heavy (non-hydrogen) atoms. The smallest absolute Gasteiger partial charge is 0.271 e. The monoisotopic (exact) mass is 373 g/mol. The molecular formula is C13H9Cl2N3O2S2. The maximum absolute atomic E-state index is 12.4. The van der Waals surface area contributed by atoms with E-state index in [1.165, 1.54) is 18.2 Å². The Balaban J connectivity index is 2.03. The molecule has 0 radical (unpaired) electrons. The number of hydrogen-bond acceptors (Lipinski definition) is 4. The fourth-order valence-corrected chi connectivity index (χ4v) is 4.56. The quantitative estimate of drug-likeness (QED) is 0.750. The van der Waals surface area contributed by atoms with E-state index in [4.69, 9.17) is 23.2 Å². The van der Waals surface area contributed by atoms with Crippen LogP contribution in [0, 0.1) is 0 Å². The molecule has 0 atom stereocenters. The van der Waals surface area contributed by atoms with Gasteiger partial charge in [0.15, 0.2) is 0 Å². The fourth-order valence-electron chi connectivity index (χ4n) is 1.84. The Morgan fingerprint density at radius 1 is 1.18 bits per heavy atom. The average Bonchev–Trinajstić information content (AvgIpc) is 3.10. The van der Waals surface area contributed by atoms with E-state index in [1.54, 1.807) is 35.3 Å². The van der Waals surface area contributed by atoms with Crippen molar-refractivity contribution in [1.82, 2.24) is 9.78 Å². The number of sulfonamides is 1. The average molecular weight is 374 g/mol. The van der Waals surface area contributed by atoms with Crippen LogP contribution in [-0.2, 0) is 10.0 Å². The highest BCUT2D eigenvalue weighted by Crippen LogP contribution is 2.30. The minimum Gasteiger partial charge on any atom is -0.277 e. The van der Waals surface area contributed by atoms with Crippen LogP contribution in [0.3, 0.4) is 0 Å². The predicted octanol–water partition coefficient (Wildman–Crippen LogP) is 4.04. The van der Waals surface area contributed by atoms with Crippen LogP contribution in [0.25, 0.3) is 5.69 Å². The summed E-state index contributed by atoms with van der Waals surface area (Å²) in [5.41, 5.74) is 0.904. The van der Waals surface area contributed by atoms with Crippen LogP contribution in [-0.4, -0.2) is 18.2 Å². The summed E-state index contributed by atoms with van der Waals surface area (Å²) in [5.74, 6) is 0. The van der Waals surface area contributed by atoms with Gasteiger partial charge in [-0.05, 0) is 36.4 Å². The van der Waals surface area contributed by atoms with E-state index in [9.17, 15) is 8.42 Å². The minimum atomic E-state index is -3.74. The van der Waals surface area contributed by atoms with E-state index in [0.717, 1.165) is 11.3 Å². The van der Waals surface area contributed by atoms with Crippen molar-refractivity contribution in [3.05, 3.63) is 58.2 Å². The summed E-state index contributed by atoms with van der Waals surface area (Å²) in [7, 11) is -3.74. The van der Waals surface area contributed by atoms with E-state index in [2.05, 4.69) is 9.82 Å². The Labute approximate surface area is 141 Å². The molecule has 5 nitrogen and oxygen atoms in total. The highest BCUT2D eigenvalue weighted by atomic mass is 35.5. The third-order valence-corrected chi connectivity index (χ3v) is 6.09. The van der Waals surface area contributed by atoms with Gasteiger partial charge < -0.3 is 0 Å². The molecule has 2 heterocycles. The summed E-state index contributed by atoms with van der Waals surface area (Å²) < 4.78 is 29.4. The second-order valence-electron chi connectivity index (χ2n) is 4.28. The number of thiophene rings is 1. The predicted molar refractivity (Wildman–Crippen MR) is 88.7 cm³/mol. The number of anilines is 1. The molecule has 0 aliphatic carbocycles. The summed E-state index contributed by atoms with van der Waals surface area (Å²) in [6.07, 6.45) is 3.31. The van der Waals surface area contributed by atoms with E-state index in [0.29, 0.717) is 20.7 Å². The highest BCUT2D eigenvalue weighted by molar-refractivity contribution is 7.94. The Kier molecular flexibility index (Phi) is 4.14. The summed E-state index contributed by atoms with van der Waals surface area (Å²) in [6, 6.07) is 9.62. The minimum absolute atomic E-state index is 0.129. The first-order chi connectivity index (χ1) is 10.5. The molecule has 114 valence electrons. The lowest BCUT2D eigenvalue weighted by Crippen LogP contribution is -2.13. The van der Waals surface area contributed by atoms with E-state index in [-0.39, 0.29) is 4.21 Å². The second kappa shape index (κ2) is 5.92. The molecule has 1 N–H and O–H groups in total. The van der Waals surface area contributed by atoms with E-state index in [1.807, 2.05) is 0 Å². The Hall–Kier alpha value is -1.54. The molecule has 9 heteroatoms. The molecule has 3 rings (SSSR count). The van der Waals surface area contributed by atoms with Crippen molar-refractivity contribution in [2.75, 3.05) is 4.72 Å². The first-order valence-corrected chi connectivity index (χ1v) is 9.09. The SMILES string of the molecule is O=S(=O)(Nc1cc(Cl)ccc1-n1cccn1)c1ccc(Cl)s1. The van der Waals surface area contributed by atoms with Crippen molar-refractivity contribution in [3.63, 3.8) is 0 Å². The van der Waals surface area contributed by atoms with Gasteiger partial charge in [-0.2, -0.15) is 5.10 Å². The fraction of sp³-hybridized carbons (Fsp3) is 0. The third-order valence-electron chi connectivity index (χ3n) is 2.77. The molecule has 0 fully saturated rings. The summed E-state index contributed by atoms with van der Waals surface area (Å²) in [4.78, 5) is 0. The maximum Gasteiger partial charge on any atom is 0.271 e. The molecule has 3 aromatic rings. The molecule has 0 saturated carbocycles. The van der Waals surface area contributed by atoms with E-state index >= 15 is 0 Å². The first kappa shape index (κ1) is 15.4. The molecule has 0 amide bonds. The molecule has 0 aliphatic heterocycles. The molecular weight excluding hydrogens is 365 g/mol. The van der Waals surface area contributed by atoms with Crippen LogP contribution in [0.5, 0.6) is 0 Å². The Morgan fingerprint density at radius 2 is 2.00 bits per heavy atom. The second-order valence-corrected chi connectivity index (χ2v) is 8.34. The van der Waals surface area contributed by atoms with Gasteiger partial charge in [-0.3, -0.25) is 4.72 Å². The standard InChI is InChI=1S/C13H9Cl2N3O2S2/c14-9-2-3-11(18-7-1-6-16-18)10(8-9)17-22(19,20)13-5-4-12(15)21-13/h1-8,17H. The van der Waals surface area contributed by atoms with Crippen molar-refractivity contribution in [2.45, 2.75) is 4.21 Å². The molecule has 1 aromatic carbocycles. The number of benzene rings is 1. The molecule has 2 aromatic heterocycles. The number of nitrogens with zero attached hydrogens (tertiary/aromatic N) is 2. The Bertz CT molecular complexity index is 905. The number of aromatic nitrogens is 2. The summed E-state index contributed by atoms with van der Waals surface area (Å²) in [5, 5.41) is 4.52. The third kappa shape index (κ3) is 3.12. The lowest BCUT2D eigenvalue weighted by Gasteiger charge is -2.12. The van der Waals surface area contributed by atoms with Crippen LogP contribution in [0.2, 0.25) is 9.36 Å². The number of hydrogen-bond donors (Lipinski definition) is 1. The van der Waals surface area contributed by atoms with Crippen molar-refractivity contribution in [1.29, 1.82) is 0 Å². The largest absolute Gasteiger partial charge is 0.277 e.